The zero-order chi connectivity index (χ0) is 18.4. The zero-order valence-electron chi connectivity index (χ0n) is 16.2. The van der Waals surface area contributed by atoms with Gasteiger partial charge in [-0.1, -0.05) is 54.6 Å². The van der Waals surface area contributed by atoms with Crippen LogP contribution in [-0.2, 0) is 13.1 Å². The van der Waals surface area contributed by atoms with Crippen LogP contribution in [0.2, 0.25) is 0 Å². The number of aliphatic imine (C=N–C) groups is 1. The molecule has 1 aliphatic rings. The van der Waals surface area contributed by atoms with Crippen LogP contribution in [-0.4, -0.2) is 50.0 Å². The average molecular weight is 351 g/mol. The molecular weight excluding hydrogens is 320 g/mol. The molecule has 138 valence electrons. The van der Waals surface area contributed by atoms with Crippen molar-refractivity contribution in [2.75, 3.05) is 34.2 Å². The topological polar surface area (TPSA) is 30.9 Å². The third-order valence-corrected chi connectivity index (χ3v) is 4.94. The van der Waals surface area contributed by atoms with Crippen LogP contribution in [0, 0.1) is 0 Å². The first-order valence-corrected chi connectivity index (χ1v) is 9.39. The van der Waals surface area contributed by atoms with Crippen molar-refractivity contribution in [1.29, 1.82) is 0 Å². The summed E-state index contributed by atoms with van der Waals surface area (Å²) in [5.74, 6) is 1.60. The molecule has 2 aromatic rings. The fourth-order valence-electron chi connectivity index (χ4n) is 3.59. The van der Waals surface area contributed by atoms with E-state index in [9.17, 15) is 0 Å². The average Bonchev–Trinajstić information content (AvgIpc) is 3.14. The molecule has 1 unspecified atom stereocenters. The number of nitrogens with zero attached hydrogens (tertiary/aromatic N) is 3. The highest BCUT2D eigenvalue weighted by Crippen LogP contribution is 2.26. The van der Waals surface area contributed by atoms with Gasteiger partial charge in [-0.2, -0.15) is 0 Å². The molecule has 0 aliphatic carbocycles. The van der Waals surface area contributed by atoms with Crippen molar-refractivity contribution in [2.24, 2.45) is 4.99 Å². The van der Waals surface area contributed by atoms with Gasteiger partial charge in [0.1, 0.15) is 0 Å². The predicted molar refractivity (Wildman–Crippen MR) is 109 cm³/mol. The van der Waals surface area contributed by atoms with Crippen LogP contribution in [0.3, 0.4) is 0 Å². The molecule has 1 aliphatic heterocycles. The standard InChI is InChI=1S/C22H30N4/c1-23-22(24-15-18-9-11-19(12-10-18)16-25(2)3)26-14-13-21(17-26)20-7-5-4-6-8-20/h4-12,21H,13-17H2,1-3H3,(H,23,24). The lowest BCUT2D eigenvalue weighted by Gasteiger charge is -2.22. The first kappa shape index (κ1) is 18.5. The monoisotopic (exact) mass is 350 g/mol. The summed E-state index contributed by atoms with van der Waals surface area (Å²) in [7, 11) is 6.06. The van der Waals surface area contributed by atoms with Gasteiger partial charge in [-0.15, -0.1) is 0 Å². The molecule has 26 heavy (non-hydrogen) atoms. The van der Waals surface area contributed by atoms with Crippen LogP contribution in [0.4, 0.5) is 0 Å². The highest BCUT2D eigenvalue weighted by Gasteiger charge is 2.25. The molecule has 0 bridgehead atoms. The fourth-order valence-corrected chi connectivity index (χ4v) is 3.59. The molecule has 1 fully saturated rings. The lowest BCUT2D eigenvalue weighted by molar-refractivity contribution is 0.402. The number of benzene rings is 2. The molecule has 1 N–H and O–H groups in total. The van der Waals surface area contributed by atoms with Crippen molar-refractivity contribution in [2.45, 2.75) is 25.4 Å². The van der Waals surface area contributed by atoms with Gasteiger partial charge in [0.25, 0.3) is 0 Å². The number of hydrogen-bond donors (Lipinski definition) is 1. The molecule has 4 heteroatoms. The van der Waals surface area contributed by atoms with Crippen LogP contribution in [0.25, 0.3) is 0 Å². The maximum atomic E-state index is 4.49. The Balaban J connectivity index is 1.54. The summed E-state index contributed by atoms with van der Waals surface area (Å²) in [6.45, 7) is 3.87. The Kier molecular flexibility index (Phi) is 6.29. The summed E-state index contributed by atoms with van der Waals surface area (Å²) in [6, 6.07) is 19.6. The van der Waals surface area contributed by atoms with E-state index in [4.69, 9.17) is 0 Å². The van der Waals surface area contributed by atoms with Crippen molar-refractivity contribution >= 4 is 5.96 Å². The number of nitrogens with one attached hydrogen (secondary N) is 1. The smallest absolute Gasteiger partial charge is 0.193 e. The molecule has 0 amide bonds. The number of hydrogen-bond acceptors (Lipinski definition) is 2. The van der Waals surface area contributed by atoms with Crippen LogP contribution >= 0.6 is 0 Å². The summed E-state index contributed by atoms with van der Waals surface area (Å²) < 4.78 is 0. The number of guanidine groups is 1. The highest BCUT2D eigenvalue weighted by molar-refractivity contribution is 5.80. The Bertz CT molecular complexity index is 707. The van der Waals surface area contributed by atoms with Gasteiger partial charge in [0.05, 0.1) is 0 Å². The van der Waals surface area contributed by atoms with Crippen LogP contribution < -0.4 is 5.32 Å². The second-order valence-corrected chi connectivity index (χ2v) is 7.30. The summed E-state index contributed by atoms with van der Waals surface area (Å²) in [5, 5.41) is 3.53. The molecule has 1 saturated heterocycles. The summed E-state index contributed by atoms with van der Waals surface area (Å²) in [4.78, 5) is 9.05. The third-order valence-electron chi connectivity index (χ3n) is 4.94. The molecule has 0 saturated carbocycles. The van der Waals surface area contributed by atoms with Crippen molar-refractivity contribution in [3.8, 4) is 0 Å². The Morgan fingerprint density at radius 2 is 1.77 bits per heavy atom. The normalized spacial score (nSPS) is 17.8. The Labute approximate surface area is 157 Å². The molecule has 4 nitrogen and oxygen atoms in total. The quantitative estimate of drug-likeness (QED) is 0.663. The lowest BCUT2D eigenvalue weighted by Crippen LogP contribution is -2.39. The third kappa shape index (κ3) is 4.85. The minimum atomic E-state index is 0.597. The van der Waals surface area contributed by atoms with E-state index in [2.05, 4.69) is 88.8 Å². The van der Waals surface area contributed by atoms with E-state index >= 15 is 0 Å². The van der Waals surface area contributed by atoms with Crippen molar-refractivity contribution in [3.05, 3.63) is 71.3 Å². The second kappa shape index (κ2) is 8.86. The van der Waals surface area contributed by atoms with Crippen LogP contribution in [0.1, 0.15) is 29.0 Å². The number of likely N-dealkylation sites (tertiary alicyclic amines) is 1. The van der Waals surface area contributed by atoms with Gasteiger partial charge in [-0.25, -0.2) is 0 Å². The molecule has 2 aromatic carbocycles. The maximum Gasteiger partial charge on any atom is 0.193 e. The van der Waals surface area contributed by atoms with Gasteiger partial charge < -0.3 is 15.1 Å². The molecule has 0 radical (unpaired) electrons. The van der Waals surface area contributed by atoms with Crippen LogP contribution in [0.15, 0.2) is 59.6 Å². The van der Waals surface area contributed by atoms with Gasteiger partial charge in [0.15, 0.2) is 5.96 Å². The fraction of sp³-hybridized carbons (Fsp3) is 0.409. The van der Waals surface area contributed by atoms with E-state index in [-0.39, 0.29) is 0 Å². The highest BCUT2D eigenvalue weighted by atomic mass is 15.3. The molecule has 0 spiro atoms. The van der Waals surface area contributed by atoms with E-state index in [0.29, 0.717) is 5.92 Å². The van der Waals surface area contributed by atoms with E-state index in [1.165, 1.54) is 23.1 Å². The molecule has 0 aromatic heterocycles. The van der Waals surface area contributed by atoms with E-state index in [1.54, 1.807) is 0 Å². The predicted octanol–water partition coefficient (Wildman–Crippen LogP) is 3.31. The molecular formula is C22H30N4. The summed E-state index contributed by atoms with van der Waals surface area (Å²) >= 11 is 0. The molecule has 3 rings (SSSR count). The van der Waals surface area contributed by atoms with Crippen molar-refractivity contribution < 1.29 is 0 Å². The van der Waals surface area contributed by atoms with Crippen molar-refractivity contribution in [1.82, 2.24) is 15.1 Å². The van der Waals surface area contributed by atoms with Crippen LogP contribution in [0.5, 0.6) is 0 Å². The SMILES string of the molecule is CN=C(NCc1ccc(CN(C)C)cc1)N1CCC(c2ccccc2)C1. The van der Waals surface area contributed by atoms with Crippen molar-refractivity contribution in [3.63, 3.8) is 0 Å². The van der Waals surface area contributed by atoms with Gasteiger partial charge >= 0.3 is 0 Å². The minimum Gasteiger partial charge on any atom is -0.352 e. The second-order valence-electron chi connectivity index (χ2n) is 7.30. The molecule has 1 atom stereocenters. The van der Waals surface area contributed by atoms with E-state index < -0.39 is 0 Å². The van der Waals surface area contributed by atoms with E-state index in [0.717, 1.165) is 32.1 Å². The largest absolute Gasteiger partial charge is 0.352 e. The summed E-state index contributed by atoms with van der Waals surface area (Å²) in [5.41, 5.74) is 4.06. The minimum absolute atomic E-state index is 0.597. The number of rotatable bonds is 5. The van der Waals surface area contributed by atoms with Gasteiger partial charge in [-0.05, 0) is 37.2 Å². The Morgan fingerprint density at radius 1 is 1.08 bits per heavy atom. The van der Waals surface area contributed by atoms with E-state index in [1.807, 2.05) is 7.05 Å². The van der Waals surface area contributed by atoms with Gasteiger partial charge in [0.2, 0.25) is 0 Å². The first-order valence-electron chi connectivity index (χ1n) is 9.39. The molecule has 1 heterocycles. The Hall–Kier alpha value is -2.33. The first-order chi connectivity index (χ1) is 12.7. The Morgan fingerprint density at radius 3 is 2.42 bits per heavy atom. The zero-order valence-corrected chi connectivity index (χ0v) is 16.2. The summed E-state index contributed by atoms with van der Waals surface area (Å²) in [6.07, 6.45) is 1.18. The maximum absolute atomic E-state index is 4.49. The van der Waals surface area contributed by atoms with Gasteiger partial charge in [0, 0.05) is 39.1 Å². The lowest BCUT2D eigenvalue weighted by atomic mass is 9.99. The van der Waals surface area contributed by atoms with Gasteiger partial charge in [-0.3, -0.25) is 4.99 Å².